The summed E-state index contributed by atoms with van der Waals surface area (Å²) in [6, 6.07) is 0.453. The van der Waals surface area contributed by atoms with Gasteiger partial charge in [0.15, 0.2) is 5.69 Å². The van der Waals surface area contributed by atoms with E-state index >= 15 is 0 Å². The molecule has 212 valence electrons. The van der Waals surface area contributed by atoms with Gasteiger partial charge in [-0.2, -0.15) is 0 Å². The molecule has 2 atom stereocenters. The molecule has 0 radical (unpaired) electrons. The molecule has 0 N–H and O–H groups in total. The number of amides is 2. The zero-order valence-electron chi connectivity index (χ0n) is 22.7. The van der Waals surface area contributed by atoms with Crippen LogP contribution in [0.2, 0.25) is 0 Å². The third-order valence-electron chi connectivity index (χ3n) is 8.68. The minimum Gasteiger partial charge on any atom is -0.447 e. The molecule has 1 aromatic heterocycles. The summed E-state index contributed by atoms with van der Waals surface area (Å²) in [5.41, 5.74) is 0.591. The predicted octanol–water partition coefficient (Wildman–Crippen LogP) is 4.35. The number of oxazole rings is 1. The van der Waals surface area contributed by atoms with E-state index < -0.39 is 27.9 Å². The first-order chi connectivity index (χ1) is 17.7. The molecule has 0 bridgehead atoms. The van der Waals surface area contributed by atoms with Crippen LogP contribution in [0.3, 0.4) is 0 Å². The second kappa shape index (κ2) is 11.7. The summed E-state index contributed by atoms with van der Waals surface area (Å²) in [7, 11) is -3.78. The van der Waals surface area contributed by atoms with Gasteiger partial charge in [-0.1, -0.05) is 52.4 Å². The van der Waals surface area contributed by atoms with Crippen molar-refractivity contribution in [3.63, 3.8) is 0 Å². The van der Waals surface area contributed by atoms with E-state index in [2.05, 4.69) is 9.88 Å². The van der Waals surface area contributed by atoms with E-state index in [1.54, 1.807) is 11.0 Å². The Morgan fingerprint density at radius 1 is 1.08 bits per heavy atom. The summed E-state index contributed by atoms with van der Waals surface area (Å²) in [6.07, 6.45) is 16.6. The van der Waals surface area contributed by atoms with Gasteiger partial charge in [-0.15, -0.1) is 12.4 Å². The third kappa shape index (κ3) is 5.54. The van der Waals surface area contributed by atoms with Crippen LogP contribution in [-0.4, -0.2) is 70.2 Å². The monoisotopic (exact) mass is 568 g/mol. The van der Waals surface area contributed by atoms with Crippen molar-refractivity contribution in [3.05, 3.63) is 29.6 Å². The van der Waals surface area contributed by atoms with Gasteiger partial charge in [-0.05, 0) is 37.7 Å². The van der Waals surface area contributed by atoms with Crippen LogP contribution < -0.4 is 0 Å². The molecule has 1 saturated heterocycles. The van der Waals surface area contributed by atoms with Gasteiger partial charge in [0.2, 0.25) is 21.8 Å². The fourth-order valence-electron chi connectivity index (χ4n) is 6.95. The van der Waals surface area contributed by atoms with Crippen molar-refractivity contribution in [3.8, 4) is 0 Å². The quantitative estimate of drug-likeness (QED) is 0.481. The number of hydrogen-bond acceptors (Lipinski definition) is 7. The Morgan fingerprint density at radius 2 is 1.66 bits per heavy atom. The second-order valence-electron chi connectivity index (χ2n) is 11.5. The van der Waals surface area contributed by atoms with E-state index in [4.69, 9.17) is 4.42 Å². The summed E-state index contributed by atoms with van der Waals surface area (Å²) < 4.78 is 31.5. The SMILES string of the molecule is CC(C)[C@@H]1C(=O)N(S(C)(=O)=O)C2=CCN(C(=O)c3coc(CN(C4CCCCC4)C4CCCCC4)n3)[C@H]21.Cl. The van der Waals surface area contributed by atoms with Crippen LogP contribution in [0.4, 0.5) is 0 Å². The van der Waals surface area contributed by atoms with Crippen molar-refractivity contribution >= 4 is 34.2 Å². The Balaban J connectivity index is 0.00000336. The molecule has 0 spiro atoms. The molecule has 2 amide bonds. The smallest absolute Gasteiger partial charge is 0.276 e. The van der Waals surface area contributed by atoms with Crippen LogP contribution in [0, 0.1) is 11.8 Å². The molecule has 0 aromatic carbocycles. The van der Waals surface area contributed by atoms with E-state index in [0.717, 1.165) is 10.6 Å². The highest BCUT2D eigenvalue weighted by molar-refractivity contribution is 7.89. The van der Waals surface area contributed by atoms with E-state index in [1.807, 2.05) is 13.8 Å². The zero-order chi connectivity index (χ0) is 26.3. The van der Waals surface area contributed by atoms with Crippen molar-refractivity contribution in [1.29, 1.82) is 0 Å². The van der Waals surface area contributed by atoms with Crippen LogP contribution >= 0.6 is 12.4 Å². The number of sulfonamides is 1. The minimum absolute atomic E-state index is 0. The van der Waals surface area contributed by atoms with Gasteiger partial charge < -0.3 is 9.32 Å². The topological polar surface area (TPSA) is 104 Å². The molecule has 38 heavy (non-hydrogen) atoms. The normalized spacial score (nSPS) is 25.2. The lowest BCUT2D eigenvalue weighted by molar-refractivity contribution is -0.128. The number of carbonyl (C=O) groups is 2. The van der Waals surface area contributed by atoms with Gasteiger partial charge >= 0.3 is 0 Å². The Hall–Kier alpha value is -1.91. The number of halogens is 1. The molecule has 0 unspecified atom stereocenters. The Kier molecular flexibility index (Phi) is 8.94. The second-order valence-corrected chi connectivity index (χ2v) is 13.4. The van der Waals surface area contributed by atoms with E-state index in [0.29, 0.717) is 30.2 Å². The van der Waals surface area contributed by atoms with Gasteiger partial charge in [0.25, 0.3) is 5.91 Å². The van der Waals surface area contributed by atoms with Crippen LogP contribution in [0.1, 0.15) is 94.4 Å². The van der Waals surface area contributed by atoms with Gasteiger partial charge in [-0.3, -0.25) is 14.5 Å². The summed E-state index contributed by atoms with van der Waals surface area (Å²) in [5, 5.41) is 0. The Bertz CT molecular complexity index is 1140. The lowest BCUT2D eigenvalue weighted by Crippen LogP contribution is -2.44. The van der Waals surface area contributed by atoms with Crippen molar-refractivity contribution in [2.75, 3.05) is 12.8 Å². The lowest BCUT2D eigenvalue weighted by Gasteiger charge is -2.41. The van der Waals surface area contributed by atoms with Crippen molar-refractivity contribution in [2.24, 2.45) is 11.8 Å². The average Bonchev–Trinajstić information content (AvgIpc) is 3.57. The molecule has 11 heteroatoms. The van der Waals surface area contributed by atoms with Gasteiger partial charge in [0.05, 0.1) is 30.5 Å². The number of carbonyl (C=O) groups excluding carboxylic acids is 2. The number of fused-ring (bicyclic) bond motifs is 1. The first kappa shape index (κ1) is 29.1. The van der Waals surface area contributed by atoms with Crippen LogP contribution in [0.25, 0.3) is 0 Å². The van der Waals surface area contributed by atoms with E-state index in [9.17, 15) is 18.0 Å². The van der Waals surface area contributed by atoms with E-state index in [1.165, 1.54) is 70.5 Å². The molecule has 1 aromatic rings. The molecule has 2 aliphatic heterocycles. The highest BCUT2D eigenvalue weighted by Gasteiger charge is 2.55. The minimum atomic E-state index is -3.78. The summed E-state index contributed by atoms with van der Waals surface area (Å²) in [6.45, 7) is 4.60. The number of rotatable bonds is 7. The highest BCUT2D eigenvalue weighted by atomic mass is 35.5. The van der Waals surface area contributed by atoms with Crippen molar-refractivity contribution in [1.82, 2.24) is 19.1 Å². The maximum Gasteiger partial charge on any atom is 0.276 e. The van der Waals surface area contributed by atoms with E-state index in [-0.39, 0.29) is 36.5 Å². The van der Waals surface area contributed by atoms with Crippen LogP contribution in [-0.2, 0) is 21.4 Å². The van der Waals surface area contributed by atoms with Crippen LogP contribution in [0.5, 0.6) is 0 Å². The molecule has 3 fully saturated rings. The maximum atomic E-state index is 13.6. The van der Waals surface area contributed by atoms with Gasteiger partial charge in [0, 0.05) is 18.6 Å². The number of nitrogens with zero attached hydrogens (tertiary/aromatic N) is 4. The molecule has 5 rings (SSSR count). The molecule has 4 aliphatic rings. The Morgan fingerprint density at radius 3 is 2.18 bits per heavy atom. The molecule has 2 saturated carbocycles. The van der Waals surface area contributed by atoms with Crippen molar-refractivity contribution in [2.45, 2.75) is 103 Å². The highest BCUT2D eigenvalue weighted by Crippen LogP contribution is 2.42. The third-order valence-corrected chi connectivity index (χ3v) is 9.74. The molecule has 2 aliphatic carbocycles. The number of hydrogen-bond donors (Lipinski definition) is 0. The molecular formula is C27H41ClN4O5S. The van der Waals surface area contributed by atoms with Crippen molar-refractivity contribution < 1.29 is 22.4 Å². The first-order valence-corrected chi connectivity index (χ1v) is 15.8. The Labute approximate surface area is 232 Å². The summed E-state index contributed by atoms with van der Waals surface area (Å²) in [4.78, 5) is 35.4. The predicted molar refractivity (Wildman–Crippen MR) is 146 cm³/mol. The zero-order valence-corrected chi connectivity index (χ0v) is 24.3. The summed E-state index contributed by atoms with van der Waals surface area (Å²) >= 11 is 0. The van der Waals surface area contributed by atoms with Crippen LogP contribution in [0.15, 0.2) is 22.5 Å². The molecule has 3 heterocycles. The fourth-order valence-corrected chi connectivity index (χ4v) is 7.96. The lowest BCUT2D eigenvalue weighted by atomic mass is 9.88. The largest absolute Gasteiger partial charge is 0.447 e. The maximum absolute atomic E-state index is 13.6. The molecular weight excluding hydrogens is 528 g/mol. The van der Waals surface area contributed by atoms with Gasteiger partial charge in [0.1, 0.15) is 6.26 Å². The first-order valence-electron chi connectivity index (χ1n) is 13.9. The fraction of sp³-hybridized carbons (Fsp3) is 0.741. The standard InChI is InChI=1S/C27H40N4O5S.ClH/c1-18(2)24-25-22(31(27(24)33)37(3,34)35)14-15-29(25)26(32)21-17-36-23(28-21)16-30(19-10-6-4-7-11-19)20-12-8-5-9-13-20;/h14,17-20,24-25H,4-13,15-16H2,1-3H3;1H/t24-,25+;/m0./s1. The van der Waals surface area contributed by atoms with Gasteiger partial charge in [-0.25, -0.2) is 17.7 Å². The average molecular weight is 569 g/mol. The summed E-state index contributed by atoms with van der Waals surface area (Å²) in [5.74, 6) is -1.00. The molecule has 9 nitrogen and oxygen atoms in total. The number of aromatic nitrogens is 1.